The van der Waals surface area contributed by atoms with E-state index in [2.05, 4.69) is 37.4 Å². The number of hydrogen-bond donors (Lipinski definition) is 2. The molecule has 0 aliphatic rings. The predicted octanol–water partition coefficient (Wildman–Crippen LogP) is 2.55. The van der Waals surface area contributed by atoms with Crippen molar-refractivity contribution < 1.29 is 5.11 Å². The maximum Gasteiger partial charge on any atom is 0.0741 e. The Morgan fingerprint density at radius 2 is 1.81 bits per heavy atom. The van der Waals surface area contributed by atoms with E-state index in [-0.39, 0.29) is 0 Å². The summed E-state index contributed by atoms with van der Waals surface area (Å²) in [6, 6.07) is 6.33. The van der Waals surface area contributed by atoms with Gasteiger partial charge in [-0.05, 0) is 43.9 Å². The molecule has 0 fully saturated rings. The molecule has 0 aliphatic heterocycles. The molecule has 0 aromatic heterocycles. The van der Waals surface area contributed by atoms with E-state index in [0.717, 1.165) is 13.0 Å². The largest absolute Gasteiger partial charge is 0.389 e. The zero-order valence-corrected chi connectivity index (χ0v) is 10.8. The molecule has 0 radical (unpaired) electrons. The van der Waals surface area contributed by atoms with Crippen molar-refractivity contribution in [2.75, 3.05) is 6.54 Å². The van der Waals surface area contributed by atoms with Gasteiger partial charge in [-0.2, -0.15) is 0 Å². The van der Waals surface area contributed by atoms with Gasteiger partial charge in [0, 0.05) is 13.1 Å². The molecule has 2 N–H and O–H groups in total. The van der Waals surface area contributed by atoms with Crippen LogP contribution in [0.2, 0.25) is 0 Å². The topological polar surface area (TPSA) is 32.3 Å². The van der Waals surface area contributed by atoms with Crippen molar-refractivity contribution in [3.63, 3.8) is 0 Å². The summed E-state index contributed by atoms with van der Waals surface area (Å²) < 4.78 is 0. The monoisotopic (exact) mass is 221 g/mol. The summed E-state index contributed by atoms with van der Waals surface area (Å²) in [5, 5.41) is 13.2. The van der Waals surface area contributed by atoms with E-state index in [0.29, 0.717) is 6.54 Å². The van der Waals surface area contributed by atoms with E-state index < -0.39 is 5.60 Å². The van der Waals surface area contributed by atoms with E-state index in [1.807, 2.05) is 13.8 Å². The fourth-order valence-corrected chi connectivity index (χ4v) is 1.71. The van der Waals surface area contributed by atoms with E-state index in [9.17, 15) is 5.11 Å². The highest BCUT2D eigenvalue weighted by atomic mass is 16.3. The molecule has 1 unspecified atom stereocenters. The van der Waals surface area contributed by atoms with Gasteiger partial charge in [0.2, 0.25) is 0 Å². The van der Waals surface area contributed by atoms with E-state index in [1.54, 1.807) is 0 Å². The van der Waals surface area contributed by atoms with Crippen molar-refractivity contribution in [3.05, 3.63) is 34.9 Å². The van der Waals surface area contributed by atoms with E-state index in [1.165, 1.54) is 16.7 Å². The first-order chi connectivity index (χ1) is 7.46. The maximum atomic E-state index is 9.88. The smallest absolute Gasteiger partial charge is 0.0741 e. The van der Waals surface area contributed by atoms with Crippen molar-refractivity contribution in [3.8, 4) is 0 Å². The fourth-order valence-electron chi connectivity index (χ4n) is 1.71. The fraction of sp³-hybridized carbons (Fsp3) is 0.571. The molecule has 0 amide bonds. The van der Waals surface area contributed by atoms with Gasteiger partial charge in [-0.3, -0.25) is 0 Å². The van der Waals surface area contributed by atoms with Gasteiger partial charge in [0.15, 0.2) is 0 Å². The summed E-state index contributed by atoms with van der Waals surface area (Å²) in [7, 11) is 0. The van der Waals surface area contributed by atoms with Crippen LogP contribution in [-0.4, -0.2) is 17.3 Å². The van der Waals surface area contributed by atoms with Crippen LogP contribution in [-0.2, 0) is 6.54 Å². The highest BCUT2D eigenvalue weighted by Crippen LogP contribution is 2.13. The van der Waals surface area contributed by atoms with Gasteiger partial charge in [0.1, 0.15) is 0 Å². The highest BCUT2D eigenvalue weighted by molar-refractivity contribution is 5.33. The molecule has 2 heteroatoms. The maximum absolute atomic E-state index is 9.88. The lowest BCUT2D eigenvalue weighted by molar-refractivity contribution is 0.0555. The number of aliphatic hydroxyl groups is 1. The van der Waals surface area contributed by atoms with Gasteiger partial charge in [-0.15, -0.1) is 0 Å². The average Bonchev–Trinajstić information content (AvgIpc) is 2.22. The number of benzene rings is 1. The third-order valence-corrected chi connectivity index (χ3v) is 3.21. The molecular formula is C14H23NO. The summed E-state index contributed by atoms with van der Waals surface area (Å²) in [5.74, 6) is 0. The summed E-state index contributed by atoms with van der Waals surface area (Å²) >= 11 is 0. The SMILES string of the molecule is CCC(C)(O)CNCc1c(C)cccc1C. The van der Waals surface area contributed by atoms with Gasteiger partial charge in [-0.1, -0.05) is 25.1 Å². The van der Waals surface area contributed by atoms with Crippen LogP contribution in [0.15, 0.2) is 18.2 Å². The summed E-state index contributed by atoms with van der Waals surface area (Å²) in [5.41, 5.74) is 3.36. The molecule has 16 heavy (non-hydrogen) atoms. The van der Waals surface area contributed by atoms with Crippen molar-refractivity contribution >= 4 is 0 Å². The Balaban J connectivity index is 2.56. The molecule has 2 nitrogen and oxygen atoms in total. The minimum atomic E-state index is -0.601. The van der Waals surface area contributed by atoms with Gasteiger partial charge in [-0.25, -0.2) is 0 Å². The van der Waals surface area contributed by atoms with E-state index >= 15 is 0 Å². The van der Waals surface area contributed by atoms with Gasteiger partial charge < -0.3 is 10.4 Å². The first-order valence-corrected chi connectivity index (χ1v) is 5.94. The minimum absolute atomic E-state index is 0.601. The van der Waals surface area contributed by atoms with Gasteiger partial charge in [0.05, 0.1) is 5.60 Å². The molecule has 0 spiro atoms. The lowest BCUT2D eigenvalue weighted by Gasteiger charge is -2.22. The standard InChI is InChI=1S/C14H23NO/c1-5-14(4,16)10-15-9-13-11(2)7-6-8-12(13)3/h6-8,15-16H,5,9-10H2,1-4H3. The van der Waals surface area contributed by atoms with Crippen molar-refractivity contribution in [2.45, 2.75) is 46.3 Å². The summed E-state index contributed by atoms with van der Waals surface area (Å²) in [4.78, 5) is 0. The van der Waals surface area contributed by atoms with Crippen LogP contribution < -0.4 is 5.32 Å². The Hall–Kier alpha value is -0.860. The van der Waals surface area contributed by atoms with Gasteiger partial charge in [0.25, 0.3) is 0 Å². The van der Waals surface area contributed by atoms with Crippen molar-refractivity contribution in [2.24, 2.45) is 0 Å². The predicted molar refractivity (Wildman–Crippen MR) is 68.5 cm³/mol. The molecule has 1 rings (SSSR count). The number of aryl methyl sites for hydroxylation is 2. The molecule has 0 bridgehead atoms. The second kappa shape index (κ2) is 5.46. The zero-order valence-electron chi connectivity index (χ0n) is 10.8. The van der Waals surface area contributed by atoms with Crippen LogP contribution in [0.25, 0.3) is 0 Å². The Morgan fingerprint density at radius 3 is 2.31 bits per heavy atom. The molecule has 1 aromatic rings. The third-order valence-electron chi connectivity index (χ3n) is 3.21. The molecule has 0 saturated carbocycles. The Labute approximate surface area is 98.7 Å². The Bertz CT molecular complexity index is 324. The zero-order chi connectivity index (χ0) is 12.2. The van der Waals surface area contributed by atoms with Crippen LogP contribution >= 0.6 is 0 Å². The normalized spacial score (nSPS) is 14.8. The van der Waals surface area contributed by atoms with E-state index in [4.69, 9.17) is 0 Å². The highest BCUT2D eigenvalue weighted by Gasteiger charge is 2.16. The first-order valence-electron chi connectivity index (χ1n) is 5.94. The number of rotatable bonds is 5. The van der Waals surface area contributed by atoms with Crippen molar-refractivity contribution in [1.29, 1.82) is 0 Å². The lowest BCUT2D eigenvalue weighted by atomic mass is 10.0. The van der Waals surface area contributed by atoms with Crippen LogP contribution in [0.5, 0.6) is 0 Å². The number of nitrogens with one attached hydrogen (secondary N) is 1. The Morgan fingerprint density at radius 1 is 1.25 bits per heavy atom. The molecular weight excluding hydrogens is 198 g/mol. The molecule has 90 valence electrons. The van der Waals surface area contributed by atoms with Crippen LogP contribution in [0, 0.1) is 13.8 Å². The lowest BCUT2D eigenvalue weighted by Crippen LogP contribution is -2.36. The summed E-state index contributed by atoms with van der Waals surface area (Å²) in [6.07, 6.45) is 0.771. The second-order valence-corrected chi connectivity index (χ2v) is 4.82. The average molecular weight is 221 g/mol. The molecule has 1 aromatic carbocycles. The van der Waals surface area contributed by atoms with Crippen LogP contribution in [0.1, 0.15) is 37.0 Å². The van der Waals surface area contributed by atoms with Crippen molar-refractivity contribution in [1.82, 2.24) is 5.32 Å². The molecule has 0 heterocycles. The van der Waals surface area contributed by atoms with Crippen LogP contribution in [0.4, 0.5) is 0 Å². The molecule has 0 saturated heterocycles. The summed E-state index contributed by atoms with van der Waals surface area (Å²) in [6.45, 7) is 9.58. The molecule has 1 atom stereocenters. The first kappa shape index (κ1) is 13.2. The number of hydrogen-bond acceptors (Lipinski definition) is 2. The van der Waals surface area contributed by atoms with Crippen LogP contribution in [0.3, 0.4) is 0 Å². The molecule has 0 aliphatic carbocycles. The second-order valence-electron chi connectivity index (χ2n) is 4.82. The quantitative estimate of drug-likeness (QED) is 0.801. The van der Waals surface area contributed by atoms with Gasteiger partial charge >= 0.3 is 0 Å². The Kier molecular flexibility index (Phi) is 4.51. The third kappa shape index (κ3) is 3.62. The minimum Gasteiger partial charge on any atom is -0.389 e.